The molecular formula is C8H12N4O. The van der Waals surface area contributed by atoms with Crippen molar-refractivity contribution in [2.75, 3.05) is 5.32 Å². The SMILES string of the molecule is Cn1cc(NC(=O)C2(N)CC2)cn1. The van der Waals surface area contributed by atoms with Gasteiger partial charge in [0, 0.05) is 13.2 Å². The number of amides is 1. The summed E-state index contributed by atoms with van der Waals surface area (Å²) in [7, 11) is 1.80. The third kappa shape index (κ3) is 1.55. The Balaban J connectivity index is 2.02. The number of nitrogens with one attached hydrogen (secondary N) is 1. The second-order valence-electron chi connectivity index (χ2n) is 3.51. The number of rotatable bonds is 2. The van der Waals surface area contributed by atoms with Crippen molar-refractivity contribution in [2.24, 2.45) is 12.8 Å². The van der Waals surface area contributed by atoms with Gasteiger partial charge in [-0.15, -0.1) is 0 Å². The monoisotopic (exact) mass is 180 g/mol. The van der Waals surface area contributed by atoms with Crippen LogP contribution in [-0.2, 0) is 11.8 Å². The van der Waals surface area contributed by atoms with Crippen molar-refractivity contribution >= 4 is 11.6 Å². The predicted molar refractivity (Wildman–Crippen MR) is 48.0 cm³/mol. The van der Waals surface area contributed by atoms with Gasteiger partial charge in [-0.1, -0.05) is 0 Å². The largest absolute Gasteiger partial charge is 0.322 e. The Bertz CT molecular complexity index is 340. The normalized spacial score (nSPS) is 18.3. The number of nitrogens with zero attached hydrogens (tertiary/aromatic N) is 2. The average molecular weight is 180 g/mol. The third-order valence-corrected chi connectivity index (χ3v) is 2.20. The second kappa shape index (κ2) is 2.56. The van der Waals surface area contributed by atoms with Gasteiger partial charge in [0.1, 0.15) is 0 Å². The fourth-order valence-electron chi connectivity index (χ4n) is 1.10. The maximum Gasteiger partial charge on any atom is 0.244 e. The van der Waals surface area contributed by atoms with Crippen LogP contribution in [0.15, 0.2) is 12.4 Å². The highest BCUT2D eigenvalue weighted by Gasteiger charge is 2.45. The van der Waals surface area contributed by atoms with Crippen molar-refractivity contribution in [2.45, 2.75) is 18.4 Å². The molecule has 13 heavy (non-hydrogen) atoms. The summed E-state index contributed by atoms with van der Waals surface area (Å²) < 4.78 is 1.63. The van der Waals surface area contributed by atoms with Crippen LogP contribution in [-0.4, -0.2) is 21.2 Å². The Morgan fingerprint density at radius 3 is 2.92 bits per heavy atom. The molecule has 5 heteroatoms. The van der Waals surface area contributed by atoms with Gasteiger partial charge in [-0.25, -0.2) is 0 Å². The molecule has 3 N–H and O–H groups in total. The van der Waals surface area contributed by atoms with Crippen LogP contribution >= 0.6 is 0 Å². The van der Waals surface area contributed by atoms with Crippen molar-refractivity contribution in [1.82, 2.24) is 9.78 Å². The van der Waals surface area contributed by atoms with Gasteiger partial charge in [0.15, 0.2) is 0 Å². The van der Waals surface area contributed by atoms with E-state index in [1.807, 2.05) is 0 Å². The van der Waals surface area contributed by atoms with Gasteiger partial charge in [0.25, 0.3) is 0 Å². The van der Waals surface area contributed by atoms with Crippen LogP contribution in [0.2, 0.25) is 0 Å². The van der Waals surface area contributed by atoms with E-state index >= 15 is 0 Å². The van der Waals surface area contributed by atoms with Crippen molar-refractivity contribution in [1.29, 1.82) is 0 Å². The first-order chi connectivity index (χ1) is 6.10. The van der Waals surface area contributed by atoms with Crippen LogP contribution in [0.3, 0.4) is 0 Å². The molecule has 0 unspecified atom stereocenters. The number of aryl methyl sites for hydroxylation is 1. The van der Waals surface area contributed by atoms with Crippen molar-refractivity contribution < 1.29 is 4.79 Å². The topological polar surface area (TPSA) is 72.9 Å². The first-order valence-corrected chi connectivity index (χ1v) is 4.19. The van der Waals surface area contributed by atoms with E-state index in [1.165, 1.54) is 0 Å². The summed E-state index contributed by atoms with van der Waals surface area (Å²) in [6, 6.07) is 0. The van der Waals surface area contributed by atoms with E-state index in [2.05, 4.69) is 10.4 Å². The summed E-state index contributed by atoms with van der Waals surface area (Å²) in [5, 5.41) is 6.65. The maximum absolute atomic E-state index is 11.4. The molecular weight excluding hydrogens is 168 g/mol. The number of hydrogen-bond acceptors (Lipinski definition) is 3. The van der Waals surface area contributed by atoms with Crippen molar-refractivity contribution in [3.8, 4) is 0 Å². The molecule has 1 aromatic heterocycles. The lowest BCUT2D eigenvalue weighted by Gasteiger charge is -2.07. The molecule has 5 nitrogen and oxygen atoms in total. The van der Waals surface area contributed by atoms with E-state index in [-0.39, 0.29) is 5.91 Å². The number of carbonyl (C=O) groups is 1. The van der Waals surface area contributed by atoms with E-state index in [0.717, 1.165) is 12.8 Å². The minimum absolute atomic E-state index is 0.111. The molecule has 0 aliphatic heterocycles. The molecule has 0 atom stereocenters. The van der Waals surface area contributed by atoms with Gasteiger partial charge in [0.05, 0.1) is 17.4 Å². The molecule has 1 amide bonds. The van der Waals surface area contributed by atoms with Crippen molar-refractivity contribution in [3.05, 3.63) is 12.4 Å². The molecule has 0 spiro atoms. The van der Waals surface area contributed by atoms with E-state index in [1.54, 1.807) is 24.1 Å². The molecule has 0 radical (unpaired) electrons. The molecule has 0 bridgehead atoms. The highest BCUT2D eigenvalue weighted by molar-refractivity contribution is 5.99. The van der Waals surface area contributed by atoms with Crippen LogP contribution < -0.4 is 11.1 Å². The zero-order valence-corrected chi connectivity index (χ0v) is 7.45. The van der Waals surface area contributed by atoms with Crippen LogP contribution in [0.1, 0.15) is 12.8 Å². The Kier molecular flexibility index (Phi) is 1.63. The summed E-state index contributed by atoms with van der Waals surface area (Å²) in [5.74, 6) is -0.111. The quantitative estimate of drug-likeness (QED) is 0.664. The van der Waals surface area contributed by atoms with Gasteiger partial charge in [0.2, 0.25) is 5.91 Å². The van der Waals surface area contributed by atoms with Crippen molar-refractivity contribution in [3.63, 3.8) is 0 Å². The zero-order chi connectivity index (χ0) is 9.47. The molecule has 1 fully saturated rings. The molecule has 1 aliphatic rings. The molecule has 2 rings (SSSR count). The Morgan fingerprint density at radius 1 is 1.77 bits per heavy atom. The van der Waals surface area contributed by atoms with Crippen LogP contribution in [0.5, 0.6) is 0 Å². The number of carbonyl (C=O) groups excluding carboxylic acids is 1. The molecule has 0 saturated heterocycles. The number of hydrogen-bond donors (Lipinski definition) is 2. The average Bonchev–Trinajstić information content (AvgIpc) is 2.69. The Labute approximate surface area is 75.9 Å². The van der Waals surface area contributed by atoms with Gasteiger partial charge < -0.3 is 11.1 Å². The fraction of sp³-hybridized carbons (Fsp3) is 0.500. The zero-order valence-electron chi connectivity index (χ0n) is 7.45. The van der Waals surface area contributed by atoms with Gasteiger partial charge in [-0.05, 0) is 12.8 Å². The molecule has 1 aromatic rings. The van der Waals surface area contributed by atoms with Gasteiger partial charge >= 0.3 is 0 Å². The molecule has 1 saturated carbocycles. The highest BCUT2D eigenvalue weighted by atomic mass is 16.2. The first kappa shape index (κ1) is 8.25. The lowest BCUT2D eigenvalue weighted by molar-refractivity contribution is -0.118. The molecule has 1 heterocycles. The number of nitrogens with two attached hydrogens (primary N) is 1. The van der Waals surface area contributed by atoms with Crippen LogP contribution in [0.4, 0.5) is 5.69 Å². The lowest BCUT2D eigenvalue weighted by atomic mass is 10.3. The summed E-state index contributed by atoms with van der Waals surface area (Å²) in [4.78, 5) is 11.4. The van der Waals surface area contributed by atoms with E-state index in [0.29, 0.717) is 5.69 Å². The second-order valence-corrected chi connectivity index (χ2v) is 3.51. The molecule has 0 aromatic carbocycles. The van der Waals surface area contributed by atoms with Gasteiger partial charge in [-0.3, -0.25) is 9.48 Å². The van der Waals surface area contributed by atoms with E-state index in [9.17, 15) is 4.79 Å². The van der Waals surface area contributed by atoms with Gasteiger partial charge in [-0.2, -0.15) is 5.10 Å². The molecule has 1 aliphatic carbocycles. The van der Waals surface area contributed by atoms with E-state index in [4.69, 9.17) is 5.73 Å². The predicted octanol–water partition coefficient (Wildman–Crippen LogP) is -0.150. The summed E-state index contributed by atoms with van der Waals surface area (Å²) in [6.45, 7) is 0. The standard InChI is InChI=1S/C8H12N4O/c1-12-5-6(4-10-12)11-7(13)8(9)2-3-8/h4-5H,2-3,9H2,1H3,(H,11,13). The first-order valence-electron chi connectivity index (χ1n) is 4.19. The fourth-order valence-corrected chi connectivity index (χ4v) is 1.10. The number of aromatic nitrogens is 2. The third-order valence-electron chi connectivity index (χ3n) is 2.20. The summed E-state index contributed by atoms with van der Waals surface area (Å²) >= 11 is 0. The van der Waals surface area contributed by atoms with E-state index < -0.39 is 5.54 Å². The smallest absolute Gasteiger partial charge is 0.244 e. The van der Waals surface area contributed by atoms with Crippen LogP contribution in [0.25, 0.3) is 0 Å². The summed E-state index contributed by atoms with van der Waals surface area (Å²) in [5.41, 5.74) is 5.79. The molecule has 70 valence electrons. The Morgan fingerprint density at radius 2 is 2.46 bits per heavy atom. The lowest BCUT2D eigenvalue weighted by Crippen LogP contribution is -2.37. The Hall–Kier alpha value is -1.36. The highest BCUT2D eigenvalue weighted by Crippen LogP contribution is 2.33. The minimum atomic E-state index is -0.615. The number of anilines is 1. The summed E-state index contributed by atoms with van der Waals surface area (Å²) in [6.07, 6.45) is 4.89. The maximum atomic E-state index is 11.4. The van der Waals surface area contributed by atoms with Crippen LogP contribution in [0, 0.1) is 0 Å². The minimum Gasteiger partial charge on any atom is -0.322 e.